The molecule has 1 saturated heterocycles. The maximum atomic E-state index is 11.7. The van der Waals surface area contributed by atoms with E-state index in [9.17, 15) is 9.59 Å². The largest absolute Gasteiger partial charge is 0.442 e. The summed E-state index contributed by atoms with van der Waals surface area (Å²) in [5.74, 6) is 0.118. The molecule has 1 rings (SSSR count). The van der Waals surface area contributed by atoms with Crippen molar-refractivity contribution in [3.05, 3.63) is 0 Å². The van der Waals surface area contributed by atoms with Gasteiger partial charge in [0, 0.05) is 18.4 Å². The van der Waals surface area contributed by atoms with Gasteiger partial charge in [0.2, 0.25) is 0 Å². The first-order valence-electron chi connectivity index (χ1n) is 5.44. The average molecular weight is 229 g/mol. The van der Waals surface area contributed by atoms with Crippen molar-refractivity contribution in [1.29, 1.82) is 0 Å². The second-order valence-electron chi connectivity index (χ2n) is 5.06. The number of carbonyl (C=O) groups excluding carboxylic acids is 2. The summed E-state index contributed by atoms with van der Waals surface area (Å²) in [7, 11) is 0. The molecule has 16 heavy (non-hydrogen) atoms. The smallest absolute Gasteiger partial charge is 0.410 e. The van der Waals surface area contributed by atoms with Gasteiger partial charge in [-0.25, -0.2) is 4.79 Å². The molecule has 92 valence electrons. The maximum absolute atomic E-state index is 11.7. The van der Waals surface area contributed by atoms with Crippen LogP contribution >= 0.6 is 0 Å². The molecule has 1 atom stereocenters. The number of hydrogen-bond donors (Lipinski definition) is 1. The summed E-state index contributed by atoms with van der Waals surface area (Å²) < 4.78 is 4.87. The van der Waals surface area contributed by atoms with E-state index in [1.165, 1.54) is 4.90 Å². The van der Waals surface area contributed by atoms with Crippen molar-refractivity contribution in [2.45, 2.75) is 33.3 Å². The number of hydrogen-bond acceptors (Lipinski definition) is 4. The number of ether oxygens (including phenoxy) is 1. The van der Waals surface area contributed by atoms with Crippen LogP contribution in [0.15, 0.2) is 0 Å². The first-order valence-corrected chi connectivity index (χ1v) is 5.44. The van der Waals surface area contributed by atoms with Gasteiger partial charge in [-0.3, -0.25) is 4.79 Å². The van der Waals surface area contributed by atoms with Gasteiger partial charge in [-0.2, -0.15) is 0 Å². The monoisotopic (exact) mass is 229 g/mol. The lowest BCUT2D eigenvalue weighted by molar-refractivity contribution is -0.126. The number of aliphatic hydroxyl groups excluding tert-OH is 1. The Kier molecular flexibility index (Phi) is 3.91. The molecule has 1 aliphatic rings. The second-order valence-corrected chi connectivity index (χ2v) is 5.06. The minimum Gasteiger partial charge on any atom is -0.442 e. The zero-order chi connectivity index (χ0) is 12.3. The van der Waals surface area contributed by atoms with Crippen LogP contribution in [0.5, 0.6) is 0 Å². The van der Waals surface area contributed by atoms with Gasteiger partial charge in [0.05, 0.1) is 13.2 Å². The van der Waals surface area contributed by atoms with Gasteiger partial charge in [0.1, 0.15) is 11.9 Å². The second kappa shape index (κ2) is 4.82. The summed E-state index contributed by atoms with van der Waals surface area (Å²) in [6, 6.07) is 0. The number of ketones is 1. The summed E-state index contributed by atoms with van der Waals surface area (Å²) in [6.07, 6.45) is -0.561. The summed E-state index contributed by atoms with van der Waals surface area (Å²) >= 11 is 0. The third-order valence-electron chi connectivity index (χ3n) is 2.60. The number of rotatable bonds is 4. The average Bonchev–Trinajstić information content (AvgIpc) is 2.54. The highest BCUT2D eigenvalue weighted by atomic mass is 16.6. The highest BCUT2D eigenvalue weighted by Gasteiger charge is 2.31. The van der Waals surface area contributed by atoms with Gasteiger partial charge in [-0.1, -0.05) is 20.8 Å². The third-order valence-corrected chi connectivity index (χ3v) is 2.60. The van der Waals surface area contributed by atoms with E-state index in [0.717, 1.165) is 0 Å². The van der Waals surface area contributed by atoms with Gasteiger partial charge in [0.25, 0.3) is 0 Å². The molecule has 1 amide bonds. The van der Waals surface area contributed by atoms with E-state index in [0.29, 0.717) is 19.5 Å². The Labute approximate surface area is 95.4 Å². The van der Waals surface area contributed by atoms with Crippen molar-refractivity contribution in [2.24, 2.45) is 5.41 Å². The Balaban J connectivity index is 2.39. The number of cyclic esters (lactones) is 1. The lowest BCUT2D eigenvalue weighted by atomic mass is 9.89. The lowest BCUT2D eigenvalue weighted by Crippen LogP contribution is -2.31. The number of nitrogens with zero attached hydrogens (tertiary/aromatic N) is 1. The molecule has 1 heterocycles. The molecule has 0 spiro atoms. The van der Waals surface area contributed by atoms with Crippen LogP contribution in [0.25, 0.3) is 0 Å². The Morgan fingerprint density at radius 2 is 2.19 bits per heavy atom. The zero-order valence-corrected chi connectivity index (χ0v) is 10.0. The third kappa shape index (κ3) is 3.20. The van der Waals surface area contributed by atoms with E-state index >= 15 is 0 Å². The predicted octanol–water partition coefficient (Wildman–Crippen LogP) is 0.805. The molecule has 5 heteroatoms. The fourth-order valence-electron chi connectivity index (χ4n) is 1.46. The van der Waals surface area contributed by atoms with E-state index < -0.39 is 12.2 Å². The predicted molar refractivity (Wildman–Crippen MR) is 58.0 cm³/mol. The molecule has 0 aliphatic carbocycles. The van der Waals surface area contributed by atoms with E-state index in [2.05, 4.69) is 0 Å². The minimum atomic E-state index is -0.447. The van der Waals surface area contributed by atoms with Crippen LogP contribution in [-0.4, -0.2) is 47.7 Å². The molecule has 0 aromatic carbocycles. The van der Waals surface area contributed by atoms with Crippen LogP contribution in [0, 0.1) is 5.41 Å². The topological polar surface area (TPSA) is 66.8 Å². The molecule has 1 fully saturated rings. The molecule has 1 unspecified atom stereocenters. The summed E-state index contributed by atoms with van der Waals surface area (Å²) in [6.45, 7) is 6.13. The molecular formula is C11H19NO4. The van der Waals surface area contributed by atoms with Crippen LogP contribution in [-0.2, 0) is 9.53 Å². The molecule has 5 nitrogen and oxygen atoms in total. The van der Waals surface area contributed by atoms with Gasteiger partial charge in [-0.05, 0) is 0 Å². The quantitative estimate of drug-likeness (QED) is 0.774. The summed E-state index contributed by atoms with van der Waals surface area (Å²) in [5, 5.41) is 8.84. The van der Waals surface area contributed by atoms with E-state index in [-0.39, 0.29) is 17.8 Å². The molecule has 0 radical (unpaired) electrons. The van der Waals surface area contributed by atoms with E-state index in [1.807, 2.05) is 20.8 Å². The maximum Gasteiger partial charge on any atom is 0.410 e. The molecule has 0 aromatic heterocycles. The first kappa shape index (κ1) is 13.0. The van der Waals surface area contributed by atoms with Crippen LogP contribution in [0.4, 0.5) is 4.79 Å². The van der Waals surface area contributed by atoms with Crippen LogP contribution in [0.3, 0.4) is 0 Å². The highest BCUT2D eigenvalue weighted by Crippen LogP contribution is 2.18. The van der Waals surface area contributed by atoms with E-state index in [1.54, 1.807) is 0 Å². The number of aliphatic hydroxyl groups is 1. The SMILES string of the molecule is CC(C)(C)C(=O)CCN1CC(CO)OC1=O. The van der Waals surface area contributed by atoms with Gasteiger partial charge >= 0.3 is 6.09 Å². The first-order chi connectivity index (χ1) is 7.34. The van der Waals surface area contributed by atoms with Crippen molar-refractivity contribution in [3.63, 3.8) is 0 Å². The molecule has 1 aliphatic heterocycles. The normalized spacial score (nSPS) is 21.1. The Hall–Kier alpha value is -1.10. The van der Waals surface area contributed by atoms with Crippen LogP contribution in [0.2, 0.25) is 0 Å². The molecule has 1 N–H and O–H groups in total. The van der Waals surface area contributed by atoms with Crippen molar-refractivity contribution in [3.8, 4) is 0 Å². The highest BCUT2D eigenvalue weighted by molar-refractivity contribution is 5.84. The fourth-order valence-corrected chi connectivity index (χ4v) is 1.46. The fraction of sp³-hybridized carbons (Fsp3) is 0.818. The van der Waals surface area contributed by atoms with Crippen LogP contribution in [0.1, 0.15) is 27.2 Å². The molecular weight excluding hydrogens is 210 g/mol. The van der Waals surface area contributed by atoms with Gasteiger partial charge in [-0.15, -0.1) is 0 Å². The Bertz CT molecular complexity index is 282. The van der Waals surface area contributed by atoms with E-state index in [4.69, 9.17) is 9.84 Å². The van der Waals surface area contributed by atoms with Crippen LogP contribution < -0.4 is 0 Å². The molecule has 0 bridgehead atoms. The van der Waals surface area contributed by atoms with Crippen molar-refractivity contribution in [2.75, 3.05) is 19.7 Å². The van der Waals surface area contributed by atoms with Crippen molar-refractivity contribution in [1.82, 2.24) is 4.90 Å². The van der Waals surface area contributed by atoms with Gasteiger partial charge < -0.3 is 14.7 Å². The number of amides is 1. The van der Waals surface area contributed by atoms with Crippen molar-refractivity contribution >= 4 is 11.9 Å². The Morgan fingerprint density at radius 1 is 1.56 bits per heavy atom. The summed E-state index contributed by atoms with van der Waals surface area (Å²) in [4.78, 5) is 24.4. The number of carbonyl (C=O) groups is 2. The van der Waals surface area contributed by atoms with Crippen molar-refractivity contribution < 1.29 is 19.4 Å². The molecule has 0 aromatic rings. The zero-order valence-electron chi connectivity index (χ0n) is 10.0. The molecule has 0 saturated carbocycles. The minimum absolute atomic E-state index is 0.118. The summed E-state index contributed by atoms with van der Waals surface area (Å²) in [5.41, 5.74) is -0.375. The lowest BCUT2D eigenvalue weighted by Gasteiger charge is -2.18. The standard InChI is InChI=1S/C11H19NO4/c1-11(2,3)9(14)4-5-12-6-8(7-13)16-10(12)15/h8,13H,4-7H2,1-3H3. The van der Waals surface area contributed by atoms with Gasteiger partial charge in [0.15, 0.2) is 0 Å². The Morgan fingerprint density at radius 3 is 2.62 bits per heavy atom. The number of Topliss-reactive ketones (excluding diaryl/α,β-unsaturated/α-hetero) is 1.